The molecule has 2 aromatic carbocycles. The predicted molar refractivity (Wildman–Crippen MR) is 142 cm³/mol. The Morgan fingerprint density at radius 2 is 1.32 bits per heavy atom. The molecule has 2 rings (SSSR count). The molecule has 0 unspecified atom stereocenters. The van der Waals surface area contributed by atoms with Crippen LogP contribution in [0.25, 0.3) is 10.8 Å². The van der Waals surface area contributed by atoms with Crippen LogP contribution in [0.5, 0.6) is 0 Å². The van der Waals surface area contributed by atoms with E-state index in [1.807, 2.05) is 0 Å². The van der Waals surface area contributed by atoms with Crippen LogP contribution in [0.2, 0.25) is 0 Å². The summed E-state index contributed by atoms with van der Waals surface area (Å²) >= 11 is 0. The molecule has 0 aromatic heterocycles. The molecule has 0 saturated heterocycles. The van der Waals surface area contributed by atoms with Gasteiger partial charge in [0, 0.05) is 30.5 Å². The topological polar surface area (TPSA) is 46.2 Å². The second kappa shape index (κ2) is 12.6. The number of amides is 1. The quantitative estimate of drug-likeness (QED) is 0.237. The normalized spacial score (nSPS) is 11.9. The lowest BCUT2D eigenvalue weighted by molar-refractivity contribution is -0.903. The molecule has 0 radical (unpaired) electrons. The number of allylic oxidation sites excluding steroid dienone is 1. The molecular weight excluding hydrogens is 422 g/mol. The molecule has 34 heavy (non-hydrogen) atoms. The second-order valence-corrected chi connectivity index (χ2v) is 10.6. The fourth-order valence-corrected chi connectivity index (χ4v) is 4.42. The molecule has 5 heteroatoms. The fourth-order valence-electron chi connectivity index (χ4n) is 4.42. The van der Waals surface area contributed by atoms with Gasteiger partial charge in [0.05, 0.1) is 41.3 Å². The molecule has 0 atom stereocenters. The fraction of sp³-hybridized carbons (Fsp3) is 0.448. The smallest absolute Gasteiger partial charge is 0.243 e. The zero-order valence-electron chi connectivity index (χ0n) is 21.6. The first kappa shape index (κ1) is 27.5. The summed E-state index contributed by atoms with van der Waals surface area (Å²) in [6, 6.07) is 13.6. The number of nitrogens with one attached hydrogen (secondary N) is 1. The summed E-state index contributed by atoms with van der Waals surface area (Å²) in [5.41, 5.74) is 2.66. The zero-order valence-corrected chi connectivity index (χ0v) is 21.6. The largest absolute Gasteiger partial charge is 0.352 e. The van der Waals surface area contributed by atoms with Crippen molar-refractivity contribution in [2.75, 3.05) is 47.8 Å². The van der Waals surface area contributed by atoms with Crippen molar-refractivity contribution in [2.24, 2.45) is 0 Å². The lowest BCUT2D eigenvalue weighted by Gasteiger charge is -2.30. The molecular formula is C29H43N3O2+2. The van der Waals surface area contributed by atoms with Gasteiger partial charge in [-0.2, -0.15) is 0 Å². The molecule has 0 saturated carbocycles. The van der Waals surface area contributed by atoms with Gasteiger partial charge in [0.15, 0.2) is 5.78 Å². The number of rotatable bonds is 15. The standard InChI is InChI=1S/C29H42N3O2/c1-7-28(33)12-9-10-18-31(3,4)22-24-13-15-27-21-25(14-16-26(27)20-24)23-32(5,6)19-11-17-30-29(34)8-2/h7-8,13-16,20-21H,1-2,9-12,17-19,22-23H2,3-6H3/q+1/p+1. The van der Waals surface area contributed by atoms with Crippen LogP contribution >= 0.6 is 0 Å². The van der Waals surface area contributed by atoms with Gasteiger partial charge in [-0.05, 0) is 47.9 Å². The number of benzene rings is 2. The Morgan fingerprint density at radius 3 is 1.82 bits per heavy atom. The van der Waals surface area contributed by atoms with Gasteiger partial charge in [0.1, 0.15) is 13.1 Å². The van der Waals surface area contributed by atoms with Crippen LogP contribution in [0.3, 0.4) is 0 Å². The van der Waals surface area contributed by atoms with E-state index >= 15 is 0 Å². The summed E-state index contributed by atoms with van der Waals surface area (Å²) in [5.74, 6) is 0.0276. The van der Waals surface area contributed by atoms with E-state index < -0.39 is 0 Å². The van der Waals surface area contributed by atoms with Crippen LogP contribution in [0.1, 0.15) is 36.8 Å². The third kappa shape index (κ3) is 9.62. The van der Waals surface area contributed by atoms with Crippen LogP contribution in [-0.2, 0) is 22.7 Å². The summed E-state index contributed by atoms with van der Waals surface area (Å²) < 4.78 is 1.78. The van der Waals surface area contributed by atoms with Gasteiger partial charge >= 0.3 is 0 Å². The minimum absolute atomic E-state index is 0.110. The van der Waals surface area contributed by atoms with Crippen molar-refractivity contribution < 1.29 is 18.6 Å². The first-order valence-corrected chi connectivity index (χ1v) is 12.2. The number of quaternary nitrogens is 2. The van der Waals surface area contributed by atoms with Crippen molar-refractivity contribution in [2.45, 2.75) is 38.8 Å². The molecule has 0 bridgehead atoms. The van der Waals surface area contributed by atoms with Gasteiger partial charge in [0.2, 0.25) is 5.91 Å². The van der Waals surface area contributed by atoms with E-state index in [2.05, 4.69) is 83.1 Å². The average Bonchev–Trinajstić information content (AvgIpc) is 2.78. The highest BCUT2D eigenvalue weighted by molar-refractivity contribution is 5.89. The first-order chi connectivity index (χ1) is 16.0. The number of unbranched alkanes of at least 4 members (excludes halogenated alkanes) is 1. The van der Waals surface area contributed by atoms with Gasteiger partial charge in [-0.1, -0.05) is 37.4 Å². The van der Waals surface area contributed by atoms with E-state index in [9.17, 15) is 9.59 Å². The SMILES string of the molecule is C=CC(=O)CCCC[N+](C)(C)Cc1ccc2cc(C[N+](C)(C)CCCNC(=O)C=C)ccc2c1. The molecule has 1 N–H and O–H groups in total. The van der Waals surface area contributed by atoms with E-state index in [0.29, 0.717) is 13.0 Å². The van der Waals surface area contributed by atoms with Crippen molar-refractivity contribution in [1.29, 1.82) is 0 Å². The van der Waals surface area contributed by atoms with Gasteiger partial charge in [-0.15, -0.1) is 0 Å². The van der Waals surface area contributed by atoms with E-state index in [1.165, 1.54) is 34.1 Å². The summed E-state index contributed by atoms with van der Waals surface area (Å²) in [5, 5.41) is 5.39. The third-order valence-corrected chi connectivity index (χ3v) is 6.28. The number of nitrogens with zero attached hydrogens (tertiary/aromatic N) is 2. The zero-order chi connectivity index (χ0) is 25.2. The Hall–Kier alpha value is -2.76. The van der Waals surface area contributed by atoms with Crippen LogP contribution in [0, 0.1) is 0 Å². The van der Waals surface area contributed by atoms with Crippen molar-refractivity contribution in [3.8, 4) is 0 Å². The maximum atomic E-state index is 11.4. The van der Waals surface area contributed by atoms with Crippen molar-refractivity contribution in [1.82, 2.24) is 5.32 Å². The number of carbonyl (C=O) groups is 2. The summed E-state index contributed by atoms with van der Waals surface area (Å²) in [4.78, 5) is 22.7. The van der Waals surface area contributed by atoms with Crippen molar-refractivity contribution >= 4 is 22.5 Å². The van der Waals surface area contributed by atoms with E-state index in [1.54, 1.807) is 0 Å². The van der Waals surface area contributed by atoms with Crippen LogP contribution in [0.4, 0.5) is 0 Å². The van der Waals surface area contributed by atoms with E-state index in [-0.39, 0.29) is 11.7 Å². The predicted octanol–water partition coefficient (Wildman–Crippen LogP) is 4.61. The molecule has 2 aromatic rings. The van der Waals surface area contributed by atoms with Crippen LogP contribution < -0.4 is 5.32 Å². The molecule has 0 aliphatic heterocycles. The monoisotopic (exact) mass is 465 g/mol. The lowest BCUT2D eigenvalue weighted by Crippen LogP contribution is -2.41. The average molecular weight is 466 g/mol. The number of fused-ring (bicyclic) bond motifs is 1. The molecule has 0 aliphatic carbocycles. The number of hydrogen-bond donors (Lipinski definition) is 1. The van der Waals surface area contributed by atoms with Gasteiger partial charge in [-0.25, -0.2) is 0 Å². The number of ketones is 1. The van der Waals surface area contributed by atoms with Gasteiger partial charge in [-0.3, -0.25) is 9.59 Å². The second-order valence-electron chi connectivity index (χ2n) is 10.6. The van der Waals surface area contributed by atoms with Crippen molar-refractivity contribution in [3.63, 3.8) is 0 Å². The third-order valence-electron chi connectivity index (χ3n) is 6.28. The molecule has 0 spiro atoms. The van der Waals surface area contributed by atoms with Crippen LogP contribution in [0.15, 0.2) is 61.7 Å². The van der Waals surface area contributed by atoms with E-state index in [4.69, 9.17) is 0 Å². The molecule has 0 aliphatic rings. The van der Waals surface area contributed by atoms with Crippen LogP contribution in [-0.4, -0.2) is 68.5 Å². The highest BCUT2D eigenvalue weighted by atomic mass is 16.1. The van der Waals surface area contributed by atoms with Crippen molar-refractivity contribution in [3.05, 3.63) is 72.8 Å². The minimum Gasteiger partial charge on any atom is -0.352 e. The minimum atomic E-state index is -0.110. The molecule has 5 nitrogen and oxygen atoms in total. The number of carbonyl (C=O) groups excluding carboxylic acids is 2. The first-order valence-electron chi connectivity index (χ1n) is 12.2. The Labute approximate surface area is 205 Å². The maximum absolute atomic E-state index is 11.4. The highest BCUT2D eigenvalue weighted by Crippen LogP contribution is 2.22. The Balaban J connectivity index is 1.93. The lowest BCUT2D eigenvalue weighted by atomic mass is 10.0. The van der Waals surface area contributed by atoms with E-state index in [0.717, 1.165) is 54.4 Å². The van der Waals surface area contributed by atoms with Gasteiger partial charge < -0.3 is 14.3 Å². The molecule has 1 amide bonds. The molecule has 0 heterocycles. The maximum Gasteiger partial charge on any atom is 0.243 e. The molecule has 0 fully saturated rings. The Kier molecular flexibility index (Phi) is 10.2. The Bertz CT molecular complexity index is 926. The van der Waals surface area contributed by atoms with Gasteiger partial charge in [0.25, 0.3) is 0 Å². The molecule has 184 valence electrons. The summed E-state index contributed by atoms with van der Waals surface area (Å²) in [6.07, 6.45) is 6.23. The number of hydrogen-bond acceptors (Lipinski definition) is 2. The summed E-state index contributed by atoms with van der Waals surface area (Å²) in [6.45, 7) is 11.7. The highest BCUT2D eigenvalue weighted by Gasteiger charge is 2.18. The summed E-state index contributed by atoms with van der Waals surface area (Å²) in [7, 11) is 8.97. The Morgan fingerprint density at radius 1 is 0.794 bits per heavy atom.